The first-order chi connectivity index (χ1) is 16.6. The summed E-state index contributed by atoms with van der Waals surface area (Å²) in [5, 5.41) is 0. The summed E-state index contributed by atoms with van der Waals surface area (Å²) < 4.78 is 34.0. The van der Waals surface area contributed by atoms with Crippen LogP contribution in [-0.2, 0) is 22.3 Å². The van der Waals surface area contributed by atoms with Crippen LogP contribution in [0.5, 0.6) is 23.0 Å². The SMILES string of the molecule is CC[C@@H](C)[C@@H]1OCCc2ccc3c(c21)OCO3.CC[C@@H](C)[C@H]1OCCc2ccc3c(c21)OCO3. The zero-order valence-corrected chi connectivity index (χ0v) is 20.7. The molecule has 4 aliphatic heterocycles. The van der Waals surface area contributed by atoms with Crippen LogP contribution >= 0.6 is 0 Å². The second kappa shape index (κ2) is 10.0. The van der Waals surface area contributed by atoms with Crippen molar-refractivity contribution in [3.63, 3.8) is 0 Å². The van der Waals surface area contributed by atoms with Gasteiger partial charge in [0.05, 0.1) is 25.4 Å². The van der Waals surface area contributed by atoms with E-state index in [0.29, 0.717) is 25.4 Å². The van der Waals surface area contributed by atoms with Crippen molar-refractivity contribution in [3.05, 3.63) is 46.5 Å². The van der Waals surface area contributed by atoms with Crippen molar-refractivity contribution in [2.45, 2.75) is 65.6 Å². The van der Waals surface area contributed by atoms with E-state index in [4.69, 9.17) is 28.4 Å². The molecule has 2 aromatic rings. The molecule has 4 heterocycles. The molecule has 0 saturated carbocycles. The molecule has 0 aromatic heterocycles. The fourth-order valence-corrected chi connectivity index (χ4v) is 5.21. The van der Waals surface area contributed by atoms with Crippen LogP contribution in [0.1, 0.15) is 75.0 Å². The molecule has 0 aliphatic carbocycles. The summed E-state index contributed by atoms with van der Waals surface area (Å²) in [6.07, 6.45) is 4.46. The van der Waals surface area contributed by atoms with Gasteiger partial charge in [-0.2, -0.15) is 0 Å². The lowest BCUT2D eigenvalue weighted by atomic mass is 9.88. The molecule has 0 unspecified atom stereocenters. The summed E-state index contributed by atoms with van der Waals surface area (Å²) >= 11 is 0. The van der Waals surface area contributed by atoms with Crippen molar-refractivity contribution in [2.24, 2.45) is 11.8 Å². The van der Waals surface area contributed by atoms with E-state index < -0.39 is 0 Å². The topological polar surface area (TPSA) is 55.4 Å². The molecule has 0 saturated heterocycles. The van der Waals surface area contributed by atoms with Gasteiger partial charge < -0.3 is 28.4 Å². The van der Waals surface area contributed by atoms with Crippen LogP contribution in [0.3, 0.4) is 0 Å². The number of fused-ring (bicyclic) bond motifs is 6. The first kappa shape index (κ1) is 23.3. The highest BCUT2D eigenvalue weighted by atomic mass is 16.7. The average Bonchev–Trinajstić information content (AvgIpc) is 3.57. The van der Waals surface area contributed by atoms with Gasteiger partial charge in [0.25, 0.3) is 0 Å². The Labute approximate surface area is 202 Å². The molecule has 6 heteroatoms. The molecule has 4 atom stereocenters. The molecule has 0 amide bonds. The largest absolute Gasteiger partial charge is 0.454 e. The minimum Gasteiger partial charge on any atom is -0.454 e. The summed E-state index contributed by atoms with van der Waals surface area (Å²) in [4.78, 5) is 0. The van der Waals surface area contributed by atoms with Crippen LogP contribution in [0.2, 0.25) is 0 Å². The molecule has 34 heavy (non-hydrogen) atoms. The number of rotatable bonds is 4. The van der Waals surface area contributed by atoms with Crippen LogP contribution < -0.4 is 18.9 Å². The molecule has 4 aliphatic rings. The van der Waals surface area contributed by atoms with Gasteiger partial charge in [0.15, 0.2) is 23.0 Å². The van der Waals surface area contributed by atoms with Gasteiger partial charge in [-0.05, 0) is 47.9 Å². The van der Waals surface area contributed by atoms with Gasteiger partial charge in [-0.15, -0.1) is 0 Å². The van der Waals surface area contributed by atoms with E-state index in [1.54, 1.807) is 0 Å². The maximum absolute atomic E-state index is 5.95. The Morgan fingerprint density at radius 3 is 1.53 bits per heavy atom. The Kier molecular flexibility index (Phi) is 6.89. The summed E-state index contributed by atoms with van der Waals surface area (Å²) in [7, 11) is 0. The van der Waals surface area contributed by atoms with Crippen LogP contribution in [-0.4, -0.2) is 26.8 Å². The van der Waals surface area contributed by atoms with E-state index >= 15 is 0 Å². The van der Waals surface area contributed by atoms with Gasteiger partial charge >= 0.3 is 0 Å². The predicted molar refractivity (Wildman–Crippen MR) is 129 cm³/mol. The zero-order chi connectivity index (χ0) is 23.7. The van der Waals surface area contributed by atoms with E-state index in [2.05, 4.69) is 39.8 Å². The molecule has 184 valence electrons. The third-order valence-corrected chi connectivity index (χ3v) is 7.56. The first-order valence-electron chi connectivity index (χ1n) is 12.7. The predicted octanol–water partition coefficient (Wildman–Crippen LogP) is 6.15. The summed E-state index contributed by atoms with van der Waals surface area (Å²) in [5.74, 6) is 4.56. The van der Waals surface area contributed by atoms with Gasteiger partial charge in [-0.1, -0.05) is 52.7 Å². The van der Waals surface area contributed by atoms with Crippen molar-refractivity contribution >= 4 is 0 Å². The summed E-state index contributed by atoms with van der Waals surface area (Å²) in [5.41, 5.74) is 5.15. The smallest absolute Gasteiger partial charge is 0.231 e. The number of hydrogen-bond donors (Lipinski definition) is 0. The molecule has 0 fully saturated rings. The van der Waals surface area contributed by atoms with E-state index in [9.17, 15) is 0 Å². The number of ether oxygens (including phenoxy) is 6. The minimum absolute atomic E-state index is 0.153. The lowest BCUT2D eigenvalue weighted by Crippen LogP contribution is -2.22. The van der Waals surface area contributed by atoms with Gasteiger partial charge in [0.2, 0.25) is 13.6 Å². The molecule has 6 nitrogen and oxygen atoms in total. The van der Waals surface area contributed by atoms with Gasteiger partial charge in [0.1, 0.15) is 0 Å². The van der Waals surface area contributed by atoms with Crippen LogP contribution in [0.15, 0.2) is 24.3 Å². The molecule has 0 bridgehead atoms. The number of benzene rings is 2. The van der Waals surface area contributed by atoms with Crippen molar-refractivity contribution in [1.29, 1.82) is 0 Å². The van der Waals surface area contributed by atoms with Crippen molar-refractivity contribution in [2.75, 3.05) is 26.8 Å². The Balaban J connectivity index is 0.000000142. The molecular weight excluding hydrogens is 432 g/mol. The van der Waals surface area contributed by atoms with Crippen molar-refractivity contribution in [3.8, 4) is 23.0 Å². The molecule has 0 radical (unpaired) electrons. The highest BCUT2D eigenvalue weighted by molar-refractivity contribution is 5.55. The second-order valence-corrected chi connectivity index (χ2v) is 9.60. The highest BCUT2D eigenvalue weighted by Crippen LogP contribution is 2.47. The zero-order valence-electron chi connectivity index (χ0n) is 20.7. The Bertz CT molecular complexity index is 937. The summed E-state index contributed by atoms with van der Waals surface area (Å²) in [6.45, 7) is 11.1. The van der Waals surface area contributed by atoms with Gasteiger partial charge in [0, 0.05) is 11.1 Å². The quantitative estimate of drug-likeness (QED) is 0.536. The Morgan fingerprint density at radius 1 is 0.676 bits per heavy atom. The molecule has 2 aromatic carbocycles. The van der Waals surface area contributed by atoms with E-state index in [1.807, 2.05) is 12.1 Å². The Morgan fingerprint density at radius 2 is 1.12 bits per heavy atom. The van der Waals surface area contributed by atoms with Crippen LogP contribution in [0.25, 0.3) is 0 Å². The third-order valence-electron chi connectivity index (χ3n) is 7.56. The van der Waals surface area contributed by atoms with Crippen LogP contribution in [0.4, 0.5) is 0 Å². The van der Waals surface area contributed by atoms with Crippen molar-refractivity contribution < 1.29 is 28.4 Å². The second-order valence-electron chi connectivity index (χ2n) is 9.60. The fraction of sp³-hybridized carbons (Fsp3) is 0.571. The highest BCUT2D eigenvalue weighted by Gasteiger charge is 2.33. The summed E-state index contributed by atoms with van der Waals surface area (Å²) in [6, 6.07) is 8.34. The normalized spacial score (nSPS) is 23.3. The van der Waals surface area contributed by atoms with Crippen LogP contribution in [0, 0.1) is 11.8 Å². The minimum atomic E-state index is 0.153. The van der Waals surface area contributed by atoms with Crippen molar-refractivity contribution in [1.82, 2.24) is 0 Å². The fourth-order valence-electron chi connectivity index (χ4n) is 5.21. The average molecular weight is 469 g/mol. The third kappa shape index (κ3) is 4.22. The van der Waals surface area contributed by atoms with E-state index in [1.165, 1.54) is 22.3 Å². The standard InChI is InChI=1S/2C14H18O3/c2*1-3-9(2)13-12-10(6-7-15-13)4-5-11-14(12)17-8-16-11/h2*4-5,9,13H,3,6-8H2,1-2H3/t9-,13+;9-,13-/m11/s1. The molecule has 0 spiro atoms. The lowest BCUT2D eigenvalue weighted by molar-refractivity contribution is 0.00323. The molecular formula is C28H36O6. The maximum Gasteiger partial charge on any atom is 0.231 e. The van der Waals surface area contributed by atoms with E-state index in [0.717, 1.165) is 61.9 Å². The first-order valence-corrected chi connectivity index (χ1v) is 12.7. The lowest BCUT2D eigenvalue weighted by Gasteiger charge is -2.30. The van der Waals surface area contributed by atoms with Gasteiger partial charge in [-0.25, -0.2) is 0 Å². The molecule has 0 N–H and O–H groups in total. The van der Waals surface area contributed by atoms with Gasteiger partial charge in [-0.3, -0.25) is 0 Å². The maximum atomic E-state index is 5.95. The monoisotopic (exact) mass is 468 g/mol. The molecule has 6 rings (SSSR count). The Hall–Kier alpha value is -2.44. The van der Waals surface area contributed by atoms with E-state index in [-0.39, 0.29) is 12.2 Å². The number of hydrogen-bond acceptors (Lipinski definition) is 6.